The van der Waals surface area contributed by atoms with Gasteiger partial charge in [-0.3, -0.25) is 9.80 Å². The van der Waals surface area contributed by atoms with Gasteiger partial charge >= 0.3 is 6.18 Å². The third kappa shape index (κ3) is 4.24. The number of rotatable bonds is 3. The monoisotopic (exact) mass is 368 g/mol. The largest absolute Gasteiger partial charge is 0.423 e. The number of benzene rings is 1. The number of aromatic nitrogens is 2. The van der Waals surface area contributed by atoms with Gasteiger partial charge in [0.05, 0.1) is 11.1 Å². The molecule has 1 saturated heterocycles. The van der Waals surface area contributed by atoms with Gasteiger partial charge in [0.25, 0.3) is 0 Å². The molecule has 3 rings (SSSR count). The Labute approximate surface area is 150 Å². The van der Waals surface area contributed by atoms with Gasteiger partial charge in [0.2, 0.25) is 12.3 Å². The van der Waals surface area contributed by atoms with Gasteiger partial charge in [-0.15, -0.1) is 10.2 Å². The molecule has 1 aliphatic heterocycles. The Morgan fingerprint density at radius 2 is 1.77 bits per heavy atom. The molecule has 1 aromatic heterocycles. The van der Waals surface area contributed by atoms with Gasteiger partial charge < -0.3 is 4.42 Å². The first-order valence-electron chi connectivity index (χ1n) is 8.58. The van der Waals surface area contributed by atoms with Crippen LogP contribution in [0.3, 0.4) is 0 Å². The van der Waals surface area contributed by atoms with Gasteiger partial charge in [-0.25, -0.2) is 0 Å². The molecule has 0 N–H and O–H groups in total. The fourth-order valence-corrected chi connectivity index (χ4v) is 3.24. The first-order chi connectivity index (χ1) is 12.1. The quantitative estimate of drug-likeness (QED) is 0.827. The number of hydrogen-bond donors (Lipinski definition) is 0. The van der Waals surface area contributed by atoms with E-state index in [-0.39, 0.29) is 17.0 Å². The summed E-state index contributed by atoms with van der Waals surface area (Å²) in [6.45, 7) is 10.8. The highest BCUT2D eigenvalue weighted by molar-refractivity contribution is 5.60. The van der Waals surface area contributed by atoms with E-state index in [2.05, 4.69) is 40.8 Å². The minimum atomic E-state index is -4.47. The third-order valence-corrected chi connectivity index (χ3v) is 4.71. The zero-order valence-corrected chi connectivity index (χ0v) is 15.2. The molecule has 1 aromatic carbocycles. The van der Waals surface area contributed by atoms with Crippen LogP contribution < -0.4 is 0 Å². The second-order valence-electron chi connectivity index (χ2n) is 7.56. The molecule has 2 aromatic rings. The molecule has 0 unspecified atom stereocenters. The van der Waals surface area contributed by atoms with E-state index < -0.39 is 11.7 Å². The van der Waals surface area contributed by atoms with Gasteiger partial charge in [-0.2, -0.15) is 13.2 Å². The van der Waals surface area contributed by atoms with E-state index >= 15 is 0 Å². The fraction of sp³-hybridized carbons (Fsp3) is 0.556. The molecule has 26 heavy (non-hydrogen) atoms. The molecule has 1 aliphatic rings. The lowest BCUT2D eigenvalue weighted by molar-refractivity contribution is -0.137. The predicted molar refractivity (Wildman–Crippen MR) is 91.3 cm³/mol. The SMILES string of the molecule is CC(C)(C)N1CCN(Cc2ccc(C(F)(F)F)c(-c3nnco3)c2)CC1. The van der Waals surface area contributed by atoms with E-state index in [9.17, 15) is 13.2 Å². The summed E-state index contributed by atoms with van der Waals surface area (Å²) in [6.07, 6.45) is -3.44. The first-order valence-corrected chi connectivity index (χ1v) is 8.58. The Kier molecular flexibility index (Phi) is 5.07. The van der Waals surface area contributed by atoms with Crippen LogP contribution in [0.2, 0.25) is 0 Å². The maximum absolute atomic E-state index is 13.3. The van der Waals surface area contributed by atoms with Crippen LogP contribution in [0.15, 0.2) is 29.0 Å². The normalized spacial score (nSPS) is 17.6. The molecule has 2 heterocycles. The van der Waals surface area contributed by atoms with E-state index in [0.717, 1.165) is 44.2 Å². The van der Waals surface area contributed by atoms with Crippen molar-refractivity contribution in [2.45, 2.75) is 39.0 Å². The molecule has 0 saturated carbocycles. The topological polar surface area (TPSA) is 45.4 Å². The second kappa shape index (κ2) is 7.00. The van der Waals surface area contributed by atoms with Crippen LogP contribution in [-0.4, -0.2) is 51.7 Å². The maximum atomic E-state index is 13.3. The number of halogens is 3. The van der Waals surface area contributed by atoms with E-state index in [1.807, 2.05) is 0 Å². The first kappa shape index (κ1) is 18.8. The fourth-order valence-electron chi connectivity index (χ4n) is 3.24. The number of nitrogens with zero attached hydrogens (tertiary/aromatic N) is 4. The summed E-state index contributed by atoms with van der Waals surface area (Å²) in [6, 6.07) is 4.13. The summed E-state index contributed by atoms with van der Waals surface area (Å²) in [7, 11) is 0. The Morgan fingerprint density at radius 3 is 2.31 bits per heavy atom. The van der Waals surface area contributed by atoms with Crippen molar-refractivity contribution >= 4 is 0 Å². The van der Waals surface area contributed by atoms with Crippen LogP contribution in [0, 0.1) is 0 Å². The minimum absolute atomic E-state index is 0.0687. The number of hydrogen-bond acceptors (Lipinski definition) is 5. The molecule has 0 aliphatic carbocycles. The average molecular weight is 368 g/mol. The molecular formula is C18H23F3N4O. The van der Waals surface area contributed by atoms with Crippen molar-refractivity contribution in [3.8, 4) is 11.5 Å². The summed E-state index contributed by atoms with van der Waals surface area (Å²) < 4.78 is 44.8. The zero-order valence-electron chi connectivity index (χ0n) is 15.2. The van der Waals surface area contributed by atoms with Gasteiger partial charge in [0.1, 0.15) is 0 Å². The Hall–Kier alpha value is -1.93. The lowest BCUT2D eigenvalue weighted by Gasteiger charge is -2.42. The minimum Gasteiger partial charge on any atom is -0.423 e. The lowest BCUT2D eigenvalue weighted by Crippen LogP contribution is -2.53. The summed E-state index contributed by atoms with van der Waals surface area (Å²) >= 11 is 0. The van der Waals surface area contributed by atoms with Crippen LogP contribution >= 0.6 is 0 Å². The smallest absolute Gasteiger partial charge is 0.417 e. The van der Waals surface area contributed by atoms with E-state index in [4.69, 9.17) is 4.42 Å². The highest BCUT2D eigenvalue weighted by Gasteiger charge is 2.35. The highest BCUT2D eigenvalue weighted by Crippen LogP contribution is 2.37. The van der Waals surface area contributed by atoms with Crippen molar-refractivity contribution in [2.75, 3.05) is 26.2 Å². The summed E-state index contributed by atoms with van der Waals surface area (Å²) in [4.78, 5) is 4.67. The number of alkyl halides is 3. The Bertz CT molecular complexity index is 730. The average Bonchev–Trinajstić information content (AvgIpc) is 3.08. The molecule has 142 valence electrons. The van der Waals surface area contributed by atoms with E-state index in [1.54, 1.807) is 0 Å². The van der Waals surface area contributed by atoms with Crippen LogP contribution in [0.5, 0.6) is 0 Å². The molecule has 0 atom stereocenters. The van der Waals surface area contributed by atoms with Crippen molar-refractivity contribution in [3.63, 3.8) is 0 Å². The van der Waals surface area contributed by atoms with Crippen molar-refractivity contribution in [3.05, 3.63) is 35.7 Å². The maximum Gasteiger partial charge on any atom is 0.417 e. The standard InChI is InChI=1S/C18H23F3N4O/c1-17(2,3)25-8-6-24(7-9-25)11-13-4-5-15(18(19,20)21)14(10-13)16-23-22-12-26-16/h4-5,10,12H,6-9,11H2,1-3H3. The van der Waals surface area contributed by atoms with Crippen molar-refractivity contribution in [1.29, 1.82) is 0 Å². The summed E-state index contributed by atoms with van der Waals surface area (Å²) in [5.41, 5.74) is 0.102. The van der Waals surface area contributed by atoms with Crippen LogP contribution in [0.25, 0.3) is 11.5 Å². The molecule has 5 nitrogen and oxygen atoms in total. The summed E-state index contributed by atoms with van der Waals surface area (Å²) in [5.74, 6) is -0.114. The van der Waals surface area contributed by atoms with Crippen molar-refractivity contribution in [2.24, 2.45) is 0 Å². The van der Waals surface area contributed by atoms with E-state index in [0.29, 0.717) is 6.54 Å². The molecule has 0 radical (unpaired) electrons. The Morgan fingerprint density at radius 1 is 1.08 bits per heavy atom. The van der Waals surface area contributed by atoms with E-state index in [1.165, 1.54) is 12.1 Å². The molecule has 0 bridgehead atoms. The highest BCUT2D eigenvalue weighted by atomic mass is 19.4. The molecule has 8 heteroatoms. The van der Waals surface area contributed by atoms with Crippen LogP contribution in [-0.2, 0) is 12.7 Å². The van der Waals surface area contributed by atoms with Crippen LogP contribution in [0.4, 0.5) is 13.2 Å². The molecule has 1 fully saturated rings. The lowest BCUT2D eigenvalue weighted by atomic mass is 10.0. The number of piperazine rings is 1. The van der Waals surface area contributed by atoms with Crippen LogP contribution in [0.1, 0.15) is 31.9 Å². The van der Waals surface area contributed by atoms with Gasteiger partial charge in [-0.1, -0.05) is 6.07 Å². The molecular weight excluding hydrogens is 345 g/mol. The Balaban J connectivity index is 1.77. The zero-order chi connectivity index (χ0) is 18.9. The van der Waals surface area contributed by atoms with Gasteiger partial charge in [-0.05, 0) is 38.5 Å². The predicted octanol–water partition coefficient (Wildman–Crippen LogP) is 3.67. The summed E-state index contributed by atoms with van der Waals surface area (Å²) in [5, 5.41) is 7.15. The van der Waals surface area contributed by atoms with Crippen molar-refractivity contribution in [1.82, 2.24) is 20.0 Å². The van der Waals surface area contributed by atoms with Crippen molar-refractivity contribution < 1.29 is 17.6 Å². The molecule has 0 amide bonds. The third-order valence-electron chi connectivity index (χ3n) is 4.71. The molecule has 0 spiro atoms. The van der Waals surface area contributed by atoms with Gasteiger partial charge in [0, 0.05) is 38.3 Å². The second-order valence-corrected chi connectivity index (χ2v) is 7.56. The van der Waals surface area contributed by atoms with Gasteiger partial charge in [0.15, 0.2) is 0 Å².